The fourth-order valence-electron chi connectivity index (χ4n) is 3.15. The second-order valence-corrected chi connectivity index (χ2v) is 7.36. The van der Waals surface area contributed by atoms with Crippen molar-refractivity contribution >= 4 is 11.8 Å². The number of methoxy groups -OCH3 is 1. The van der Waals surface area contributed by atoms with Gasteiger partial charge in [-0.3, -0.25) is 9.59 Å². The summed E-state index contributed by atoms with van der Waals surface area (Å²) in [6.07, 6.45) is 2.18. The Morgan fingerprint density at radius 1 is 1.10 bits per heavy atom. The van der Waals surface area contributed by atoms with Gasteiger partial charge in [0, 0.05) is 13.1 Å². The van der Waals surface area contributed by atoms with E-state index < -0.39 is 6.04 Å². The molecule has 1 N–H and O–H groups in total. The van der Waals surface area contributed by atoms with Gasteiger partial charge in [-0.05, 0) is 43.5 Å². The SMILES string of the molecule is CCCCNC(=O)[C@H](C)N(Cc1cccc(C)c1)C(=O)Cc1ccc(OC)cc1. The summed E-state index contributed by atoms with van der Waals surface area (Å²) in [7, 11) is 1.61. The van der Waals surface area contributed by atoms with Gasteiger partial charge in [0.15, 0.2) is 0 Å². The third kappa shape index (κ3) is 6.93. The first-order chi connectivity index (χ1) is 13.9. The number of benzene rings is 2. The zero-order valence-electron chi connectivity index (χ0n) is 17.9. The second kappa shape index (κ2) is 11.2. The number of ether oxygens (including phenoxy) is 1. The van der Waals surface area contributed by atoms with Crippen LogP contribution in [-0.4, -0.2) is 36.4 Å². The van der Waals surface area contributed by atoms with E-state index in [1.165, 1.54) is 0 Å². The maximum absolute atomic E-state index is 13.1. The van der Waals surface area contributed by atoms with Gasteiger partial charge in [-0.15, -0.1) is 0 Å². The molecule has 156 valence electrons. The highest BCUT2D eigenvalue weighted by molar-refractivity contribution is 5.88. The summed E-state index contributed by atoms with van der Waals surface area (Å²) in [5.41, 5.74) is 3.04. The van der Waals surface area contributed by atoms with Crippen LogP contribution in [0.4, 0.5) is 0 Å². The highest BCUT2D eigenvalue weighted by Crippen LogP contribution is 2.16. The molecule has 0 saturated carbocycles. The van der Waals surface area contributed by atoms with E-state index in [1.54, 1.807) is 18.9 Å². The van der Waals surface area contributed by atoms with E-state index in [0.717, 1.165) is 35.3 Å². The third-order valence-electron chi connectivity index (χ3n) is 4.95. The van der Waals surface area contributed by atoms with Crippen LogP contribution >= 0.6 is 0 Å². The van der Waals surface area contributed by atoms with Crippen LogP contribution in [0.2, 0.25) is 0 Å². The first kappa shape index (κ1) is 22.5. The van der Waals surface area contributed by atoms with Gasteiger partial charge in [-0.2, -0.15) is 0 Å². The minimum absolute atomic E-state index is 0.0742. The van der Waals surface area contributed by atoms with Gasteiger partial charge < -0.3 is 15.0 Å². The summed E-state index contributed by atoms with van der Waals surface area (Å²) in [5.74, 6) is 0.561. The number of nitrogens with zero attached hydrogens (tertiary/aromatic N) is 1. The van der Waals surface area contributed by atoms with Crippen molar-refractivity contribution in [1.29, 1.82) is 0 Å². The average molecular weight is 397 g/mol. The zero-order valence-corrected chi connectivity index (χ0v) is 17.9. The molecule has 0 saturated heterocycles. The number of nitrogens with one attached hydrogen (secondary N) is 1. The second-order valence-electron chi connectivity index (χ2n) is 7.36. The molecule has 0 unspecified atom stereocenters. The molecule has 0 aliphatic heterocycles. The van der Waals surface area contributed by atoms with E-state index in [2.05, 4.69) is 18.3 Å². The number of hydrogen-bond acceptors (Lipinski definition) is 3. The van der Waals surface area contributed by atoms with Crippen molar-refractivity contribution in [2.24, 2.45) is 0 Å². The van der Waals surface area contributed by atoms with Crippen LogP contribution in [0, 0.1) is 6.92 Å². The number of unbranched alkanes of at least 4 members (excludes halogenated alkanes) is 1. The van der Waals surface area contributed by atoms with E-state index in [-0.39, 0.29) is 18.2 Å². The standard InChI is InChI=1S/C24H32N2O3/c1-5-6-14-25-24(28)19(3)26(17-21-9-7-8-18(2)15-21)23(27)16-20-10-12-22(29-4)13-11-20/h7-13,15,19H,5-6,14,16-17H2,1-4H3,(H,25,28)/t19-/m0/s1. The molecule has 29 heavy (non-hydrogen) atoms. The van der Waals surface area contributed by atoms with Crippen LogP contribution in [-0.2, 0) is 22.6 Å². The molecule has 0 bridgehead atoms. The predicted molar refractivity (Wildman–Crippen MR) is 116 cm³/mol. The molecular weight excluding hydrogens is 364 g/mol. The fourth-order valence-corrected chi connectivity index (χ4v) is 3.15. The predicted octanol–water partition coefficient (Wildman–Crippen LogP) is 3.88. The summed E-state index contributed by atoms with van der Waals surface area (Å²) >= 11 is 0. The van der Waals surface area contributed by atoms with E-state index in [0.29, 0.717) is 13.1 Å². The molecule has 5 nitrogen and oxygen atoms in total. The summed E-state index contributed by atoms with van der Waals surface area (Å²) in [6, 6.07) is 14.9. The molecule has 0 aromatic heterocycles. The number of aryl methyl sites for hydroxylation is 1. The average Bonchev–Trinajstić information content (AvgIpc) is 2.72. The topological polar surface area (TPSA) is 58.6 Å². The Morgan fingerprint density at radius 2 is 1.83 bits per heavy atom. The first-order valence-corrected chi connectivity index (χ1v) is 10.2. The Morgan fingerprint density at radius 3 is 2.45 bits per heavy atom. The number of amides is 2. The molecule has 1 atom stereocenters. The lowest BCUT2D eigenvalue weighted by Gasteiger charge is -2.29. The smallest absolute Gasteiger partial charge is 0.242 e. The molecule has 2 rings (SSSR count). The van der Waals surface area contributed by atoms with Gasteiger partial charge in [-0.1, -0.05) is 55.3 Å². The molecule has 2 aromatic carbocycles. The van der Waals surface area contributed by atoms with Crippen molar-refractivity contribution in [1.82, 2.24) is 10.2 Å². The largest absolute Gasteiger partial charge is 0.497 e. The summed E-state index contributed by atoms with van der Waals surface area (Å²) in [6.45, 7) is 6.93. The molecule has 0 aliphatic rings. The highest BCUT2D eigenvalue weighted by atomic mass is 16.5. The van der Waals surface area contributed by atoms with Crippen LogP contribution < -0.4 is 10.1 Å². The number of carbonyl (C=O) groups is 2. The summed E-state index contributed by atoms with van der Waals surface area (Å²) in [4.78, 5) is 27.4. The molecule has 0 aliphatic carbocycles. The molecule has 0 heterocycles. The van der Waals surface area contributed by atoms with Crippen molar-refractivity contribution in [2.75, 3.05) is 13.7 Å². The van der Waals surface area contributed by atoms with Gasteiger partial charge in [0.25, 0.3) is 0 Å². The van der Waals surface area contributed by atoms with Gasteiger partial charge in [0.1, 0.15) is 11.8 Å². The number of rotatable bonds is 10. The molecular formula is C24H32N2O3. The minimum Gasteiger partial charge on any atom is -0.497 e. The Hall–Kier alpha value is -2.82. The molecule has 2 amide bonds. The lowest BCUT2D eigenvalue weighted by atomic mass is 10.1. The quantitative estimate of drug-likeness (QED) is 0.620. The lowest BCUT2D eigenvalue weighted by Crippen LogP contribution is -2.48. The third-order valence-corrected chi connectivity index (χ3v) is 4.95. The van der Waals surface area contributed by atoms with Crippen LogP contribution in [0.3, 0.4) is 0 Å². The van der Waals surface area contributed by atoms with Gasteiger partial charge in [-0.25, -0.2) is 0 Å². The monoisotopic (exact) mass is 396 g/mol. The van der Waals surface area contributed by atoms with Crippen molar-refractivity contribution in [3.63, 3.8) is 0 Å². The van der Waals surface area contributed by atoms with Crippen molar-refractivity contribution in [2.45, 2.75) is 52.6 Å². The van der Waals surface area contributed by atoms with Crippen LogP contribution in [0.15, 0.2) is 48.5 Å². The van der Waals surface area contributed by atoms with Gasteiger partial charge in [0.2, 0.25) is 11.8 Å². The lowest BCUT2D eigenvalue weighted by molar-refractivity contribution is -0.140. The first-order valence-electron chi connectivity index (χ1n) is 10.2. The van der Waals surface area contributed by atoms with E-state index >= 15 is 0 Å². The molecule has 0 fully saturated rings. The zero-order chi connectivity index (χ0) is 21.2. The van der Waals surface area contributed by atoms with Crippen molar-refractivity contribution < 1.29 is 14.3 Å². The highest BCUT2D eigenvalue weighted by Gasteiger charge is 2.26. The van der Waals surface area contributed by atoms with E-state index in [1.807, 2.05) is 49.4 Å². The summed E-state index contributed by atoms with van der Waals surface area (Å²) < 4.78 is 5.18. The van der Waals surface area contributed by atoms with Gasteiger partial charge >= 0.3 is 0 Å². The van der Waals surface area contributed by atoms with Crippen LogP contribution in [0.25, 0.3) is 0 Å². The van der Waals surface area contributed by atoms with Crippen LogP contribution in [0.1, 0.15) is 43.4 Å². The van der Waals surface area contributed by atoms with E-state index in [9.17, 15) is 9.59 Å². The Balaban J connectivity index is 2.17. The molecule has 2 aromatic rings. The Kier molecular flexibility index (Phi) is 8.71. The van der Waals surface area contributed by atoms with Crippen molar-refractivity contribution in [3.05, 3.63) is 65.2 Å². The fraction of sp³-hybridized carbons (Fsp3) is 0.417. The molecule has 5 heteroatoms. The Bertz CT molecular complexity index is 802. The van der Waals surface area contributed by atoms with Crippen LogP contribution in [0.5, 0.6) is 5.75 Å². The minimum atomic E-state index is -0.543. The van der Waals surface area contributed by atoms with Crippen molar-refractivity contribution in [3.8, 4) is 5.75 Å². The number of hydrogen-bond donors (Lipinski definition) is 1. The molecule has 0 radical (unpaired) electrons. The van der Waals surface area contributed by atoms with E-state index in [4.69, 9.17) is 4.74 Å². The number of carbonyl (C=O) groups excluding carboxylic acids is 2. The maximum atomic E-state index is 13.1. The Labute approximate surface area is 174 Å². The molecule has 0 spiro atoms. The summed E-state index contributed by atoms with van der Waals surface area (Å²) in [5, 5.41) is 2.95. The normalized spacial score (nSPS) is 11.6. The maximum Gasteiger partial charge on any atom is 0.242 e. The van der Waals surface area contributed by atoms with Gasteiger partial charge in [0.05, 0.1) is 13.5 Å².